The van der Waals surface area contributed by atoms with Crippen molar-refractivity contribution in [3.63, 3.8) is 0 Å². The minimum atomic E-state index is 0.401. The van der Waals surface area contributed by atoms with Crippen LogP contribution in [0.4, 0.5) is 11.6 Å². The molecule has 1 heterocycles. The number of H-pyrrole nitrogens is 1. The summed E-state index contributed by atoms with van der Waals surface area (Å²) in [5, 5.41) is 0. The largest absolute Gasteiger partial charge is 0.397 e. The topological polar surface area (TPSA) is 80.7 Å². The number of nitrogens with two attached hydrogens (primary N) is 2. The van der Waals surface area contributed by atoms with Gasteiger partial charge in [-0.1, -0.05) is 6.07 Å². The van der Waals surface area contributed by atoms with E-state index in [1.54, 1.807) is 6.07 Å². The summed E-state index contributed by atoms with van der Waals surface area (Å²) in [5.41, 5.74) is 13.3. The number of benzene rings is 1. The van der Waals surface area contributed by atoms with Gasteiger partial charge in [0.05, 0.1) is 11.2 Å². The monoisotopic (exact) mass is 148 g/mol. The summed E-state index contributed by atoms with van der Waals surface area (Å²) in [6.07, 6.45) is 0. The summed E-state index contributed by atoms with van der Waals surface area (Å²) in [4.78, 5) is 6.90. The molecule has 0 atom stereocenters. The molecular weight excluding hydrogens is 140 g/mol. The fourth-order valence-electron chi connectivity index (χ4n) is 1.07. The van der Waals surface area contributed by atoms with Crippen LogP contribution in [0.3, 0.4) is 0 Å². The first kappa shape index (κ1) is 6.03. The molecule has 1 aromatic heterocycles. The van der Waals surface area contributed by atoms with Gasteiger partial charge in [-0.25, -0.2) is 4.98 Å². The van der Waals surface area contributed by atoms with Gasteiger partial charge < -0.3 is 16.5 Å². The van der Waals surface area contributed by atoms with Crippen molar-refractivity contribution in [3.8, 4) is 0 Å². The first-order valence-electron chi connectivity index (χ1n) is 3.27. The van der Waals surface area contributed by atoms with Crippen molar-refractivity contribution in [2.75, 3.05) is 11.5 Å². The molecule has 4 nitrogen and oxygen atoms in total. The summed E-state index contributed by atoms with van der Waals surface area (Å²) in [6, 6.07) is 5.53. The van der Waals surface area contributed by atoms with Crippen LogP contribution < -0.4 is 11.5 Å². The summed E-state index contributed by atoms with van der Waals surface area (Å²) in [5.74, 6) is 0.401. The molecule has 0 radical (unpaired) electrons. The first-order chi connectivity index (χ1) is 5.27. The van der Waals surface area contributed by atoms with Crippen LogP contribution in [-0.2, 0) is 0 Å². The van der Waals surface area contributed by atoms with Crippen LogP contribution in [0.5, 0.6) is 0 Å². The van der Waals surface area contributed by atoms with Gasteiger partial charge in [0.25, 0.3) is 0 Å². The number of para-hydroxylation sites is 1. The molecule has 0 aliphatic rings. The molecule has 4 heteroatoms. The number of aromatic nitrogens is 2. The van der Waals surface area contributed by atoms with Gasteiger partial charge in [0.2, 0.25) is 0 Å². The predicted octanol–water partition coefficient (Wildman–Crippen LogP) is 0.727. The molecule has 2 rings (SSSR count). The van der Waals surface area contributed by atoms with Gasteiger partial charge in [-0.05, 0) is 12.1 Å². The van der Waals surface area contributed by atoms with Gasteiger partial charge in [0.15, 0.2) is 5.95 Å². The van der Waals surface area contributed by atoms with Crippen molar-refractivity contribution in [1.29, 1.82) is 0 Å². The minimum absolute atomic E-state index is 0.401. The molecule has 0 unspecified atom stereocenters. The number of hydrogen-bond donors (Lipinski definition) is 3. The van der Waals surface area contributed by atoms with Crippen LogP contribution >= 0.6 is 0 Å². The van der Waals surface area contributed by atoms with Gasteiger partial charge in [0.1, 0.15) is 5.52 Å². The lowest BCUT2D eigenvalue weighted by Gasteiger charge is -1.90. The Bertz CT molecular complexity index is 390. The Labute approximate surface area is 63.2 Å². The molecule has 0 saturated heterocycles. The highest BCUT2D eigenvalue weighted by Crippen LogP contribution is 2.18. The molecule has 0 saturated carbocycles. The van der Waals surface area contributed by atoms with Crippen molar-refractivity contribution in [2.24, 2.45) is 0 Å². The predicted molar refractivity (Wildman–Crippen MR) is 44.9 cm³/mol. The molecule has 2 aromatic rings. The quantitative estimate of drug-likeness (QED) is 0.482. The van der Waals surface area contributed by atoms with E-state index in [0.717, 1.165) is 11.0 Å². The van der Waals surface area contributed by atoms with E-state index in [4.69, 9.17) is 11.5 Å². The van der Waals surface area contributed by atoms with E-state index in [-0.39, 0.29) is 0 Å². The average molecular weight is 148 g/mol. The number of anilines is 2. The first-order valence-corrected chi connectivity index (χ1v) is 3.27. The van der Waals surface area contributed by atoms with Gasteiger partial charge in [0, 0.05) is 0 Å². The molecule has 5 N–H and O–H groups in total. The molecule has 0 fully saturated rings. The van der Waals surface area contributed by atoms with Crippen LogP contribution in [0.1, 0.15) is 0 Å². The van der Waals surface area contributed by atoms with E-state index >= 15 is 0 Å². The number of hydrogen-bond acceptors (Lipinski definition) is 3. The Morgan fingerprint density at radius 3 is 2.82 bits per heavy atom. The second-order valence-corrected chi connectivity index (χ2v) is 2.37. The number of rotatable bonds is 0. The van der Waals surface area contributed by atoms with Gasteiger partial charge in [-0.3, -0.25) is 0 Å². The summed E-state index contributed by atoms with van der Waals surface area (Å²) in [7, 11) is 0. The smallest absolute Gasteiger partial charge is 0.198 e. The van der Waals surface area contributed by atoms with Crippen LogP contribution in [0, 0.1) is 0 Å². The molecule has 0 aliphatic heterocycles. The Kier molecular flexibility index (Phi) is 1.03. The standard InChI is InChI=1S/C7H8N4/c8-4-2-1-3-5-6(4)11-7(9)10-5/h1-3H,8H2,(H3,9,10,11). The zero-order chi connectivity index (χ0) is 7.84. The fourth-order valence-corrected chi connectivity index (χ4v) is 1.07. The lowest BCUT2D eigenvalue weighted by molar-refractivity contribution is 1.35. The van der Waals surface area contributed by atoms with E-state index in [1.807, 2.05) is 12.1 Å². The van der Waals surface area contributed by atoms with Crippen molar-refractivity contribution < 1.29 is 0 Å². The van der Waals surface area contributed by atoms with Crippen LogP contribution in [-0.4, -0.2) is 9.97 Å². The molecule has 0 aliphatic carbocycles. The van der Waals surface area contributed by atoms with Gasteiger partial charge in [-0.2, -0.15) is 0 Å². The van der Waals surface area contributed by atoms with Crippen LogP contribution in [0.25, 0.3) is 11.0 Å². The normalized spacial score (nSPS) is 10.5. The zero-order valence-electron chi connectivity index (χ0n) is 5.83. The third-order valence-corrected chi connectivity index (χ3v) is 1.56. The van der Waals surface area contributed by atoms with E-state index in [1.165, 1.54) is 0 Å². The Balaban J connectivity index is 2.90. The molecule has 0 spiro atoms. The van der Waals surface area contributed by atoms with Crippen molar-refractivity contribution in [1.82, 2.24) is 9.97 Å². The molecule has 1 aromatic carbocycles. The lowest BCUT2D eigenvalue weighted by atomic mass is 10.3. The van der Waals surface area contributed by atoms with E-state index < -0.39 is 0 Å². The maximum Gasteiger partial charge on any atom is 0.198 e. The highest BCUT2D eigenvalue weighted by molar-refractivity contribution is 5.88. The maximum atomic E-state index is 5.63. The molecule has 0 amide bonds. The summed E-state index contributed by atoms with van der Waals surface area (Å²) in [6.45, 7) is 0. The minimum Gasteiger partial charge on any atom is -0.397 e. The van der Waals surface area contributed by atoms with E-state index in [0.29, 0.717) is 11.6 Å². The number of aromatic amines is 1. The van der Waals surface area contributed by atoms with Crippen molar-refractivity contribution in [2.45, 2.75) is 0 Å². The maximum absolute atomic E-state index is 5.63. The van der Waals surface area contributed by atoms with Crippen molar-refractivity contribution in [3.05, 3.63) is 18.2 Å². The Morgan fingerprint density at radius 2 is 2.09 bits per heavy atom. The number of nitrogens with one attached hydrogen (secondary N) is 1. The second-order valence-electron chi connectivity index (χ2n) is 2.37. The third-order valence-electron chi connectivity index (χ3n) is 1.56. The number of nitrogens with zero attached hydrogens (tertiary/aromatic N) is 1. The Hall–Kier alpha value is -1.71. The van der Waals surface area contributed by atoms with Crippen LogP contribution in [0.15, 0.2) is 18.2 Å². The highest BCUT2D eigenvalue weighted by atomic mass is 15.0. The third kappa shape index (κ3) is 0.797. The highest BCUT2D eigenvalue weighted by Gasteiger charge is 2.00. The summed E-state index contributed by atoms with van der Waals surface area (Å²) < 4.78 is 0. The fraction of sp³-hybridized carbons (Fsp3) is 0. The average Bonchev–Trinajstić information content (AvgIpc) is 2.31. The van der Waals surface area contributed by atoms with Gasteiger partial charge in [-0.15, -0.1) is 0 Å². The van der Waals surface area contributed by atoms with Crippen LogP contribution in [0.2, 0.25) is 0 Å². The van der Waals surface area contributed by atoms with E-state index in [9.17, 15) is 0 Å². The SMILES string of the molecule is Nc1nc2c(N)cccc2[nH]1. The second kappa shape index (κ2) is 1.88. The van der Waals surface area contributed by atoms with Crippen molar-refractivity contribution >= 4 is 22.7 Å². The Morgan fingerprint density at radius 1 is 1.27 bits per heavy atom. The summed E-state index contributed by atoms with van der Waals surface area (Å²) >= 11 is 0. The molecule has 56 valence electrons. The van der Waals surface area contributed by atoms with Gasteiger partial charge >= 0.3 is 0 Å². The molecular formula is C7H8N4. The molecule has 11 heavy (non-hydrogen) atoms. The number of nitrogen functional groups attached to an aromatic ring is 2. The zero-order valence-corrected chi connectivity index (χ0v) is 5.83. The number of fused-ring (bicyclic) bond motifs is 1. The lowest BCUT2D eigenvalue weighted by Crippen LogP contribution is -1.86. The van der Waals surface area contributed by atoms with E-state index in [2.05, 4.69) is 9.97 Å². The molecule has 0 bridgehead atoms. The number of imidazole rings is 1.